The van der Waals surface area contributed by atoms with E-state index in [1.165, 1.54) is 11.6 Å². The first kappa shape index (κ1) is 24.8. The van der Waals surface area contributed by atoms with Gasteiger partial charge < -0.3 is 9.64 Å². The summed E-state index contributed by atoms with van der Waals surface area (Å²) in [6.45, 7) is 5.69. The Morgan fingerprint density at radius 2 is 1.81 bits per heavy atom. The van der Waals surface area contributed by atoms with Crippen molar-refractivity contribution in [2.75, 3.05) is 13.1 Å². The van der Waals surface area contributed by atoms with Crippen LogP contribution in [0.15, 0.2) is 69.8 Å². The molecule has 0 atom stereocenters. The number of carbonyl (C=O) groups excluding carboxylic acids is 1. The fourth-order valence-electron chi connectivity index (χ4n) is 4.79. The van der Waals surface area contributed by atoms with Crippen molar-refractivity contribution in [3.63, 3.8) is 0 Å². The maximum absolute atomic E-state index is 13.2. The third-order valence-electron chi connectivity index (χ3n) is 7.19. The molecule has 0 radical (unpaired) electrons. The smallest absolute Gasteiger partial charge is 0.332 e. The van der Waals surface area contributed by atoms with Crippen LogP contribution in [0.3, 0.4) is 0 Å². The van der Waals surface area contributed by atoms with Crippen LogP contribution in [0.2, 0.25) is 0 Å². The molecule has 3 aliphatic rings. The number of hydrogen-bond donors (Lipinski definition) is 0. The van der Waals surface area contributed by atoms with Crippen molar-refractivity contribution in [3.8, 4) is 6.01 Å². The number of piperidine rings is 1. The van der Waals surface area contributed by atoms with Gasteiger partial charge in [-0.1, -0.05) is 49.1 Å². The maximum atomic E-state index is 13.2. The van der Waals surface area contributed by atoms with Gasteiger partial charge in [0.25, 0.3) is 11.6 Å². The number of rotatable bonds is 5. The fraction of sp³-hybridized carbons (Fsp3) is 0.429. The molecule has 1 saturated carbocycles. The van der Waals surface area contributed by atoms with E-state index in [0.29, 0.717) is 49.7 Å². The highest BCUT2D eigenvalue weighted by Crippen LogP contribution is 2.32. The Kier molecular flexibility index (Phi) is 6.86. The number of nitrogens with zero attached hydrogens (tertiary/aromatic N) is 5. The number of hydrogen-bond acceptors (Lipinski definition) is 5. The van der Waals surface area contributed by atoms with E-state index in [2.05, 4.69) is 17.6 Å². The average molecular weight is 504 g/mol. The average Bonchev–Trinajstić information content (AvgIpc) is 3.69. The molecule has 1 saturated heterocycles. The number of likely N-dealkylation sites (tertiary alicyclic amines) is 1. The van der Waals surface area contributed by atoms with E-state index < -0.39 is 11.2 Å². The van der Waals surface area contributed by atoms with Gasteiger partial charge in [0.05, 0.1) is 6.54 Å². The second-order valence-electron chi connectivity index (χ2n) is 9.99. The topological polar surface area (TPSA) is 91.4 Å². The first-order valence-electron chi connectivity index (χ1n) is 12.8. The Hall–Kier alpha value is -3.88. The molecule has 9 heteroatoms. The summed E-state index contributed by atoms with van der Waals surface area (Å²) in [5.74, 6) is 0.462. The first-order chi connectivity index (χ1) is 17.8. The molecule has 2 aromatic rings. The molecule has 1 amide bonds. The van der Waals surface area contributed by atoms with Crippen LogP contribution in [0.1, 0.15) is 32.1 Å². The Labute approximate surface area is 215 Å². The molecule has 194 valence electrons. The molecule has 3 heterocycles. The van der Waals surface area contributed by atoms with Crippen molar-refractivity contribution in [3.05, 3.63) is 81.1 Å². The van der Waals surface area contributed by atoms with E-state index >= 15 is 0 Å². The van der Waals surface area contributed by atoms with E-state index in [0.717, 1.165) is 35.0 Å². The maximum Gasteiger partial charge on any atom is 0.332 e. The summed E-state index contributed by atoms with van der Waals surface area (Å²) in [7, 11) is 3.08. The largest absolute Gasteiger partial charge is 0.461 e. The van der Waals surface area contributed by atoms with Gasteiger partial charge in [-0.05, 0) is 30.4 Å². The molecule has 2 aromatic heterocycles. The van der Waals surface area contributed by atoms with Gasteiger partial charge in [-0.25, -0.2) is 4.79 Å². The monoisotopic (exact) mass is 503 g/mol. The standard InChI is InChI=1S/C28H33N5O4/c1-19-8-6-4-5-7-9-20(11-10-19)18-33-23-24(30(2)28(36)31(3)26(23)35)29-27(33)37-22-14-16-32(17-15-22)25(34)21-12-13-21/h4-6,8-11,21-22H,1,7,12-18H2,2-3H3/b5-4-,8-6-,11-10?,20-9+. The molecule has 0 unspecified atom stereocenters. The van der Waals surface area contributed by atoms with Crippen molar-refractivity contribution in [2.45, 2.75) is 44.8 Å². The molecule has 0 aromatic carbocycles. The molecule has 0 N–H and O–H groups in total. The van der Waals surface area contributed by atoms with Crippen molar-refractivity contribution in [2.24, 2.45) is 20.0 Å². The molecular weight excluding hydrogens is 470 g/mol. The van der Waals surface area contributed by atoms with Gasteiger partial charge in [0.1, 0.15) is 6.10 Å². The molecule has 5 rings (SSSR count). The zero-order valence-electron chi connectivity index (χ0n) is 21.4. The van der Waals surface area contributed by atoms with Crippen LogP contribution in [-0.2, 0) is 25.4 Å². The van der Waals surface area contributed by atoms with Crippen LogP contribution in [-0.4, -0.2) is 48.7 Å². The van der Waals surface area contributed by atoms with E-state index in [-0.39, 0.29) is 17.9 Å². The predicted molar refractivity (Wildman–Crippen MR) is 142 cm³/mol. The molecule has 0 bridgehead atoms. The molecular formula is C28H33N5O4. The highest BCUT2D eigenvalue weighted by Gasteiger charge is 2.35. The lowest BCUT2D eigenvalue weighted by Gasteiger charge is -2.32. The number of allylic oxidation sites excluding steroid dienone is 9. The number of amides is 1. The molecule has 0 spiro atoms. The summed E-state index contributed by atoms with van der Waals surface area (Å²) in [6, 6.07) is 0.306. The van der Waals surface area contributed by atoms with Crippen molar-refractivity contribution in [1.82, 2.24) is 23.6 Å². The van der Waals surface area contributed by atoms with Gasteiger partial charge in [-0.2, -0.15) is 4.98 Å². The van der Waals surface area contributed by atoms with Crippen LogP contribution in [0.25, 0.3) is 11.2 Å². The summed E-state index contributed by atoms with van der Waals surface area (Å²) in [4.78, 5) is 44.9. The van der Waals surface area contributed by atoms with Crippen molar-refractivity contribution >= 4 is 17.1 Å². The Morgan fingerprint density at radius 1 is 1.05 bits per heavy atom. The minimum absolute atomic E-state index is 0.138. The number of aryl methyl sites for hydroxylation is 1. The van der Waals surface area contributed by atoms with E-state index in [4.69, 9.17) is 4.74 Å². The Balaban J connectivity index is 1.48. The third-order valence-corrected chi connectivity index (χ3v) is 7.19. The zero-order chi connectivity index (χ0) is 26.1. The first-order valence-corrected chi connectivity index (χ1v) is 12.8. The lowest BCUT2D eigenvalue weighted by molar-refractivity contribution is -0.134. The van der Waals surface area contributed by atoms with E-state index in [9.17, 15) is 14.4 Å². The van der Waals surface area contributed by atoms with Gasteiger partial charge in [-0.15, -0.1) is 0 Å². The normalized spacial score (nSPS) is 22.1. The Bertz CT molecular complexity index is 1470. The number of fused-ring (bicyclic) bond motifs is 1. The van der Waals surface area contributed by atoms with Crippen molar-refractivity contribution in [1.29, 1.82) is 0 Å². The second-order valence-corrected chi connectivity index (χ2v) is 9.99. The number of aromatic nitrogens is 4. The summed E-state index contributed by atoms with van der Waals surface area (Å²) in [5.41, 5.74) is 1.58. The summed E-state index contributed by atoms with van der Waals surface area (Å²) < 4.78 is 10.6. The number of ether oxygens (including phenoxy) is 1. The molecule has 2 fully saturated rings. The van der Waals surface area contributed by atoms with E-state index in [1.54, 1.807) is 11.6 Å². The summed E-state index contributed by atoms with van der Waals surface area (Å²) in [6.07, 6.45) is 17.9. The summed E-state index contributed by atoms with van der Waals surface area (Å²) >= 11 is 0. The van der Waals surface area contributed by atoms with Crippen LogP contribution in [0.5, 0.6) is 6.01 Å². The minimum Gasteiger partial charge on any atom is -0.461 e. The van der Waals surface area contributed by atoms with Crippen LogP contribution >= 0.6 is 0 Å². The SMILES string of the molecule is C=C1C=C/C(Cn2c(OC3CCN(C(=O)C4CC4)CC3)nc3c2c(=O)n(C)c(=O)n3C)=C\C/C=C\C=C/1. The lowest BCUT2D eigenvalue weighted by Crippen LogP contribution is -2.42. The molecule has 1 aliphatic heterocycles. The zero-order valence-corrected chi connectivity index (χ0v) is 21.4. The second kappa shape index (κ2) is 10.2. The number of imidazole rings is 1. The molecule has 2 aliphatic carbocycles. The van der Waals surface area contributed by atoms with Crippen LogP contribution in [0.4, 0.5) is 0 Å². The lowest BCUT2D eigenvalue weighted by atomic mass is 10.1. The fourth-order valence-corrected chi connectivity index (χ4v) is 4.79. The van der Waals surface area contributed by atoms with Gasteiger partial charge in [0, 0.05) is 45.9 Å². The molecule has 37 heavy (non-hydrogen) atoms. The van der Waals surface area contributed by atoms with E-state index in [1.807, 2.05) is 41.4 Å². The quantitative estimate of drug-likeness (QED) is 0.626. The van der Waals surface area contributed by atoms with Gasteiger partial charge in [-0.3, -0.25) is 23.3 Å². The van der Waals surface area contributed by atoms with Gasteiger partial charge in [0.2, 0.25) is 5.91 Å². The van der Waals surface area contributed by atoms with Gasteiger partial charge in [0.15, 0.2) is 11.2 Å². The van der Waals surface area contributed by atoms with Crippen molar-refractivity contribution < 1.29 is 9.53 Å². The highest BCUT2D eigenvalue weighted by molar-refractivity contribution is 5.81. The highest BCUT2D eigenvalue weighted by atomic mass is 16.5. The van der Waals surface area contributed by atoms with Gasteiger partial charge >= 0.3 is 5.69 Å². The van der Waals surface area contributed by atoms with Crippen LogP contribution < -0.4 is 16.0 Å². The third kappa shape index (κ3) is 5.16. The molecule has 9 nitrogen and oxygen atoms in total. The van der Waals surface area contributed by atoms with Crippen LogP contribution in [0, 0.1) is 5.92 Å². The predicted octanol–water partition coefficient (Wildman–Crippen LogP) is 2.77. The summed E-state index contributed by atoms with van der Waals surface area (Å²) in [5, 5.41) is 0. The number of carbonyl (C=O) groups is 1. The minimum atomic E-state index is -0.438. The Morgan fingerprint density at radius 3 is 2.54 bits per heavy atom.